The fraction of sp³-hybridized carbons (Fsp3) is 0.267. The number of nitrogens with one attached hydrogen (secondary N) is 1. The van der Waals surface area contributed by atoms with Gasteiger partial charge in [-0.3, -0.25) is 9.13 Å². The van der Waals surface area contributed by atoms with Crippen LogP contribution in [0.15, 0.2) is 52.7 Å². The number of alkyl halides is 2. The zero-order valence-electron chi connectivity index (χ0n) is 12.6. The number of benzene rings is 1. The average Bonchev–Trinajstić information content (AvgIpc) is 3.19. The second kappa shape index (κ2) is 7.43. The van der Waals surface area contributed by atoms with Gasteiger partial charge in [-0.25, -0.2) is 14.9 Å². The molecule has 0 spiro atoms. The molecule has 126 valence electrons. The van der Waals surface area contributed by atoms with Crippen LogP contribution in [-0.4, -0.2) is 24.3 Å². The Labute approximate surface area is 140 Å². The van der Waals surface area contributed by atoms with Crippen LogP contribution in [0.4, 0.5) is 8.78 Å². The van der Waals surface area contributed by atoms with Crippen molar-refractivity contribution in [3.8, 4) is 0 Å². The monoisotopic (exact) mass is 351 g/mol. The molecule has 0 aliphatic heterocycles. The minimum Gasteiger partial charge on any atom is -0.277 e. The summed E-state index contributed by atoms with van der Waals surface area (Å²) >= 11 is 1.20. The molecule has 0 aliphatic rings. The molecular formula is C15H15F2N5OS. The van der Waals surface area contributed by atoms with E-state index in [0.29, 0.717) is 18.1 Å². The fourth-order valence-electron chi connectivity index (χ4n) is 2.26. The van der Waals surface area contributed by atoms with Crippen LogP contribution in [0.3, 0.4) is 0 Å². The molecule has 0 radical (unpaired) electrons. The van der Waals surface area contributed by atoms with Crippen molar-refractivity contribution in [3.05, 3.63) is 64.6 Å². The van der Waals surface area contributed by atoms with Crippen LogP contribution in [0.2, 0.25) is 0 Å². The summed E-state index contributed by atoms with van der Waals surface area (Å²) in [4.78, 5) is 15.8. The Kier molecular flexibility index (Phi) is 5.09. The van der Waals surface area contributed by atoms with E-state index in [1.54, 1.807) is 0 Å². The Bertz CT molecular complexity index is 843. The van der Waals surface area contributed by atoms with Crippen LogP contribution >= 0.6 is 11.8 Å². The van der Waals surface area contributed by atoms with E-state index < -0.39 is 6.55 Å². The lowest BCUT2D eigenvalue weighted by Gasteiger charge is -2.07. The van der Waals surface area contributed by atoms with Crippen molar-refractivity contribution >= 4 is 11.8 Å². The number of H-pyrrole nitrogens is 1. The third-order valence-corrected chi connectivity index (χ3v) is 4.45. The van der Waals surface area contributed by atoms with E-state index >= 15 is 0 Å². The van der Waals surface area contributed by atoms with E-state index in [2.05, 4.69) is 15.2 Å². The smallest absolute Gasteiger partial charge is 0.277 e. The number of thioether (sulfide) groups is 1. The highest BCUT2D eigenvalue weighted by Crippen LogP contribution is 2.21. The molecule has 0 saturated carbocycles. The van der Waals surface area contributed by atoms with E-state index in [4.69, 9.17) is 0 Å². The van der Waals surface area contributed by atoms with Gasteiger partial charge in [0.05, 0.1) is 5.75 Å². The Morgan fingerprint density at radius 2 is 2.04 bits per heavy atom. The number of imidazole rings is 1. The van der Waals surface area contributed by atoms with Gasteiger partial charge in [0.25, 0.3) is 0 Å². The molecule has 2 aromatic heterocycles. The molecule has 0 unspecified atom stereocenters. The van der Waals surface area contributed by atoms with Gasteiger partial charge in [-0.05, 0) is 12.0 Å². The molecule has 0 aliphatic carbocycles. The Morgan fingerprint density at radius 3 is 2.79 bits per heavy atom. The quantitative estimate of drug-likeness (QED) is 0.665. The molecule has 3 aromatic rings. The van der Waals surface area contributed by atoms with Crippen LogP contribution in [0.1, 0.15) is 17.9 Å². The first-order chi connectivity index (χ1) is 11.6. The molecule has 24 heavy (non-hydrogen) atoms. The van der Waals surface area contributed by atoms with Gasteiger partial charge in [0.2, 0.25) is 0 Å². The highest BCUT2D eigenvalue weighted by atomic mass is 32.2. The first kappa shape index (κ1) is 16.4. The second-order valence-corrected chi connectivity index (χ2v) is 5.96. The van der Waals surface area contributed by atoms with Crippen molar-refractivity contribution in [2.75, 3.05) is 0 Å². The van der Waals surface area contributed by atoms with Gasteiger partial charge in [0.15, 0.2) is 5.16 Å². The van der Waals surface area contributed by atoms with Gasteiger partial charge in [0.1, 0.15) is 5.82 Å². The largest absolute Gasteiger partial charge is 0.343 e. The second-order valence-electron chi connectivity index (χ2n) is 5.02. The lowest BCUT2D eigenvalue weighted by Crippen LogP contribution is -2.19. The highest BCUT2D eigenvalue weighted by Gasteiger charge is 2.14. The molecule has 3 rings (SSSR count). The molecular weight excluding hydrogens is 336 g/mol. The Balaban J connectivity index is 1.68. The zero-order valence-corrected chi connectivity index (χ0v) is 13.4. The average molecular weight is 351 g/mol. The molecule has 0 fully saturated rings. The summed E-state index contributed by atoms with van der Waals surface area (Å²) in [5.74, 6) is 0.438. The Hall–Kier alpha value is -2.42. The predicted molar refractivity (Wildman–Crippen MR) is 86.0 cm³/mol. The lowest BCUT2D eigenvalue weighted by atomic mass is 10.1. The summed E-state index contributed by atoms with van der Waals surface area (Å²) in [6.07, 6.45) is 3.24. The van der Waals surface area contributed by atoms with Crippen LogP contribution in [0.25, 0.3) is 0 Å². The van der Waals surface area contributed by atoms with Crippen molar-refractivity contribution < 1.29 is 8.78 Å². The summed E-state index contributed by atoms with van der Waals surface area (Å²) in [5.41, 5.74) is 0.792. The minimum absolute atomic E-state index is 0.201. The van der Waals surface area contributed by atoms with Gasteiger partial charge < -0.3 is 0 Å². The van der Waals surface area contributed by atoms with E-state index in [1.165, 1.54) is 28.7 Å². The maximum absolute atomic E-state index is 12.8. The summed E-state index contributed by atoms with van der Waals surface area (Å²) in [7, 11) is 0. The number of rotatable bonds is 7. The Morgan fingerprint density at radius 1 is 1.25 bits per heavy atom. The van der Waals surface area contributed by atoms with Crippen LogP contribution < -0.4 is 5.69 Å². The van der Waals surface area contributed by atoms with E-state index in [0.717, 1.165) is 10.1 Å². The van der Waals surface area contributed by atoms with Gasteiger partial charge in [-0.1, -0.05) is 42.1 Å². The summed E-state index contributed by atoms with van der Waals surface area (Å²) < 4.78 is 27.9. The van der Waals surface area contributed by atoms with Crippen LogP contribution in [-0.2, 0) is 18.7 Å². The van der Waals surface area contributed by atoms with Crippen molar-refractivity contribution in [2.45, 2.75) is 30.4 Å². The number of aryl methyl sites for hydroxylation is 1. The van der Waals surface area contributed by atoms with Crippen molar-refractivity contribution in [3.63, 3.8) is 0 Å². The summed E-state index contributed by atoms with van der Waals surface area (Å²) in [6.45, 7) is -2.17. The van der Waals surface area contributed by atoms with Crippen LogP contribution in [0.5, 0.6) is 0 Å². The molecule has 1 N–H and O–H groups in total. The SMILES string of the molecule is O=c1[nH]nc(SCc2nccn2C(F)F)n1CCc1ccccc1. The minimum atomic E-state index is -2.64. The molecule has 0 saturated heterocycles. The molecule has 0 bridgehead atoms. The standard InChI is InChI=1S/C15H15F2N5OS/c16-13(17)21-9-7-18-12(21)10-24-15-20-19-14(23)22(15)8-6-11-4-2-1-3-5-11/h1-5,7,9,13H,6,8,10H2,(H,19,23). The molecule has 0 atom stereocenters. The van der Waals surface area contributed by atoms with Gasteiger partial charge in [0, 0.05) is 18.9 Å². The molecule has 0 amide bonds. The number of aromatic amines is 1. The molecule has 1 aromatic carbocycles. The fourth-order valence-corrected chi connectivity index (χ4v) is 3.18. The molecule has 6 nitrogen and oxygen atoms in total. The summed E-state index contributed by atoms with van der Waals surface area (Å²) in [5, 5.41) is 6.83. The number of hydrogen-bond acceptors (Lipinski definition) is 4. The van der Waals surface area contributed by atoms with E-state index in [1.807, 2.05) is 30.3 Å². The topological polar surface area (TPSA) is 68.5 Å². The number of halogens is 2. The number of nitrogens with zero attached hydrogens (tertiary/aromatic N) is 4. The zero-order chi connectivity index (χ0) is 16.9. The lowest BCUT2D eigenvalue weighted by molar-refractivity contribution is 0.0678. The predicted octanol–water partition coefficient (Wildman–Crippen LogP) is 2.70. The van der Waals surface area contributed by atoms with Crippen molar-refractivity contribution in [1.29, 1.82) is 0 Å². The molecule has 9 heteroatoms. The third kappa shape index (κ3) is 3.73. The van der Waals surface area contributed by atoms with Crippen molar-refractivity contribution in [1.82, 2.24) is 24.3 Å². The first-order valence-electron chi connectivity index (χ1n) is 7.27. The van der Waals surface area contributed by atoms with E-state index in [-0.39, 0.29) is 17.3 Å². The van der Waals surface area contributed by atoms with Gasteiger partial charge in [-0.15, -0.1) is 5.10 Å². The van der Waals surface area contributed by atoms with Gasteiger partial charge >= 0.3 is 12.2 Å². The maximum atomic E-state index is 12.8. The maximum Gasteiger partial charge on any atom is 0.343 e. The molecule has 2 heterocycles. The number of hydrogen-bond donors (Lipinski definition) is 1. The van der Waals surface area contributed by atoms with E-state index in [9.17, 15) is 13.6 Å². The third-order valence-electron chi connectivity index (χ3n) is 3.48. The summed E-state index contributed by atoms with van der Waals surface area (Å²) in [6, 6.07) is 9.77. The van der Waals surface area contributed by atoms with Crippen molar-refractivity contribution in [2.24, 2.45) is 0 Å². The van der Waals surface area contributed by atoms with Gasteiger partial charge in [-0.2, -0.15) is 8.78 Å². The highest BCUT2D eigenvalue weighted by molar-refractivity contribution is 7.98. The number of aromatic nitrogens is 5. The van der Waals surface area contributed by atoms with Crippen LogP contribution in [0, 0.1) is 0 Å². The normalized spacial score (nSPS) is 11.3. The first-order valence-corrected chi connectivity index (χ1v) is 8.25.